The van der Waals surface area contributed by atoms with Gasteiger partial charge in [-0.3, -0.25) is 4.90 Å². The molecular weight excluding hydrogens is 290 g/mol. The molecule has 2 aromatic rings. The number of nitrogens with one attached hydrogen (secondary N) is 4. The Kier molecular flexibility index (Phi) is 4.09. The molecule has 2 aliphatic rings. The SMILES string of the molecule is OC1CN(Cc2ccc(C3NNNN3)cc2)Cc2ccccc21. The molecule has 6 heteroatoms. The highest BCUT2D eigenvalue weighted by Gasteiger charge is 2.23. The molecule has 4 rings (SSSR count). The number of benzene rings is 2. The van der Waals surface area contributed by atoms with E-state index in [0.717, 1.165) is 24.2 Å². The maximum Gasteiger partial charge on any atom is 0.111 e. The van der Waals surface area contributed by atoms with E-state index in [9.17, 15) is 5.11 Å². The van der Waals surface area contributed by atoms with Gasteiger partial charge in [0.2, 0.25) is 0 Å². The van der Waals surface area contributed by atoms with Crippen molar-refractivity contribution in [1.29, 1.82) is 0 Å². The normalized spacial score (nSPS) is 22.2. The topological polar surface area (TPSA) is 71.6 Å². The van der Waals surface area contributed by atoms with Crippen LogP contribution in [0.15, 0.2) is 48.5 Å². The Morgan fingerprint density at radius 3 is 2.52 bits per heavy atom. The predicted octanol–water partition coefficient (Wildman–Crippen LogP) is 0.851. The number of hydrazine groups is 3. The van der Waals surface area contributed by atoms with Crippen molar-refractivity contribution in [2.45, 2.75) is 25.4 Å². The summed E-state index contributed by atoms with van der Waals surface area (Å²) in [6.45, 7) is 2.40. The van der Waals surface area contributed by atoms with Crippen LogP contribution >= 0.6 is 0 Å². The lowest BCUT2D eigenvalue weighted by Crippen LogP contribution is -2.33. The van der Waals surface area contributed by atoms with E-state index in [1.807, 2.05) is 18.2 Å². The molecule has 0 saturated carbocycles. The summed E-state index contributed by atoms with van der Waals surface area (Å²) in [5.41, 5.74) is 16.5. The van der Waals surface area contributed by atoms with Crippen molar-refractivity contribution in [2.75, 3.05) is 6.54 Å². The van der Waals surface area contributed by atoms with E-state index in [4.69, 9.17) is 0 Å². The average Bonchev–Trinajstić information content (AvgIpc) is 3.10. The highest BCUT2D eigenvalue weighted by molar-refractivity contribution is 5.31. The van der Waals surface area contributed by atoms with E-state index in [0.29, 0.717) is 6.54 Å². The van der Waals surface area contributed by atoms with Gasteiger partial charge in [-0.05, 0) is 22.3 Å². The molecule has 1 fully saturated rings. The molecule has 120 valence electrons. The van der Waals surface area contributed by atoms with Crippen LogP contribution in [0.3, 0.4) is 0 Å². The van der Waals surface area contributed by atoms with Crippen molar-refractivity contribution in [3.63, 3.8) is 0 Å². The van der Waals surface area contributed by atoms with Crippen LogP contribution in [0.4, 0.5) is 0 Å². The first-order valence-corrected chi connectivity index (χ1v) is 7.88. The summed E-state index contributed by atoms with van der Waals surface area (Å²) in [6, 6.07) is 16.7. The third-order valence-electron chi connectivity index (χ3n) is 4.45. The van der Waals surface area contributed by atoms with Crippen molar-refractivity contribution in [1.82, 2.24) is 26.8 Å². The Hall–Kier alpha value is -1.80. The summed E-state index contributed by atoms with van der Waals surface area (Å²) in [5.74, 6) is 0. The van der Waals surface area contributed by atoms with Crippen molar-refractivity contribution < 1.29 is 5.11 Å². The third-order valence-corrected chi connectivity index (χ3v) is 4.45. The highest BCUT2D eigenvalue weighted by atomic mass is 16.3. The number of nitrogens with zero attached hydrogens (tertiary/aromatic N) is 1. The van der Waals surface area contributed by atoms with Gasteiger partial charge in [0.05, 0.1) is 6.10 Å². The van der Waals surface area contributed by atoms with Crippen LogP contribution in [0.25, 0.3) is 0 Å². The summed E-state index contributed by atoms with van der Waals surface area (Å²) in [4.78, 5) is 2.29. The van der Waals surface area contributed by atoms with E-state index in [1.165, 1.54) is 11.1 Å². The fourth-order valence-electron chi connectivity index (χ4n) is 3.27. The first kappa shape index (κ1) is 14.8. The standard InChI is InChI=1S/C17H21N5O/c23-16-11-22(10-14-3-1-2-4-15(14)16)9-12-5-7-13(8-6-12)17-18-20-21-19-17/h1-8,16-21,23H,9-11H2. The van der Waals surface area contributed by atoms with Gasteiger partial charge < -0.3 is 5.11 Å². The molecule has 1 unspecified atom stereocenters. The molecule has 6 nitrogen and oxygen atoms in total. The molecule has 0 aromatic heterocycles. The minimum absolute atomic E-state index is 0.0627. The number of hydrogen-bond acceptors (Lipinski definition) is 6. The number of β-amino-alcohol motifs (C(OH)–C–C–N with tert-alkyl or cyclic N) is 1. The summed E-state index contributed by atoms with van der Waals surface area (Å²) < 4.78 is 0. The molecule has 1 atom stereocenters. The maximum atomic E-state index is 10.3. The second-order valence-electron chi connectivity index (χ2n) is 6.10. The fraction of sp³-hybridized carbons (Fsp3) is 0.294. The van der Waals surface area contributed by atoms with Gasteiger partial charge in [0.15, 0.2) is 0 Å². The van der Waals surface area contributed by atoms with Crippen molar-refractivity contribution >= 4 is 0 Å². The van der Waals surface area contributed by atoms with Gasteiger partial charge >= 0.3 is 0 Å². The molecule has 2 aromatic carbocycles. The molecule has 2 heterocycles. The van der Waals surface area contributed by atoms with Crippen molar-refractivity contribution in [2.24, 2.45) is 0 Å². The molecule has 2 aliphatic heterocycles. The number of rotatable bonds is 3. The smallest absolute Gasteiger partial charge is 0.111 e. The van der Waals surface area contributed by atoms with E-state index < -0.39 is 6.10 Å². The first-order valence-electron chi connectivity index (χ1n) is 7.88. The molecule has 5 N–H and O–H groups in total. The lowest BCUT2D eigenvalue weighted by Gasteiger charge is -2.32. The van der Waals surface area contributed by atoms with E-state index in [2.05, 4.69) is 57.2 Å². The molecule has 0 aliphatic carbocycles. The lowest BCUT2D eigenvalue weighted by molar-refractivity contribution is 0.0882. The Morgan fingerprint density at radius 2 is 1.74 bits per heavy atom. The Balaban J connectivity index is 1.44. The van der Waals surface area contributed by atoms with Gasteiger partial charge in [0.1, 0.15) is 6.17 Å². The number of fused-ring (bicyclic) bond motifs is 1. The molecule has 0 spiro atoms. The fourth-order valence-corrected chi connectivity index (χ4v) is 3.27. The summed E-state index contributed by atoms with van der Waals surface area (Å²) in [7, 11) is 0. The molecule has 23 heavy (non-hydrogen) atoms. The average molecular weight is 311 g/mol. The minimum atomic E-state index is -0.400. The van der Waals surface area contributed by atoms with Crippen LogP contribution in [0.1, 0.15) is 34.5 Å². The van der Waals surface area contributed by atoms with E-state index in [1.54, 1.807) is 0 Å². The van der Waals surface area contributed by atoms with Gasteiger partial charge in [-0.1, -0.05) is 48.5 Å². The zero-order chi connectivity index (χ0) is 15.6. The van der Waals surface area contributed by atoms with E-state index in [-0.39, 0.29) is 6.17 Å². The van der Waals surface area contributed by atoms with Crippen molar-refractivity contribution in [3.8, 4) is 0 Å². The van der Waals surface area contributed by atoms with Crippen LogP contribution in [0.2, 0.25) is 0 Å². The first-order chi connectivity index (χ1) is 11.3. The summed E-state index contributed by atoms with van der Waals surface area (Å²) in [6.07, 6.45) is -0.337. The quantitative estimate of drug-likeness (QED) is 0.579. The van der Waals surface area contributed by atoms with Crippen LogP contribution < -0.4 is 21.9 Å². The van der Waals surface area contributed by atoms with Crippen LogP contribution in [0, 0.1) is 0 Å². The zero-order valence-electron chi connectivity index (χ0n) is 12.8. The van der Waals surface area contributed by atoms with Gasteiger partial charge in [-0.25, -0.2) is 10.9 Å². The van der Waals surface area contributed by atoms with E-state index >= 15 is 0 Å². The zero-order valence-corrected chi connectivity index (χ0v) is 12.8. The lowest BCUT2D eigenvalue weighted by atomic mass is 9.97. The maximum absolute atomic E-state index is 10.3. The largest absolute Gasteiger partial charge is 0.387 e. The van der Waals surface area contributed by atoms with Gasteiger partial charge in [-0.2, -0.15) is 11.1 Å². The number of aliphatic hydroxyl groups is 1. The highest BCUT2D eigenvalue weighted by Crippen LogP contribution is 2.27. The van der Waals surface area contributed by atoms with Gasteiger partial charge in [0, 0.05) is 19.6 Å². The predicted molar refractivity (Wildman–Crippen MR) is 87.2 cm³/mol. The Morgan fingerprint density at radius 1 is 1.00 bits per heavy atom. The minimum Gasteiger partial charge on any atom is -0.387 e. The monoisotopic (exact) mass is 311 g/mol. The summed E-state index contributed by atoms with van der Waals surface area (Å²) >= 11 is 0. The van der Waals surface area contributed by atoms with Gasteiger partial charge in [-0.15, -0.1) is 0 Å². The second-order valence-corrected chi connectivity index (χ2v) is 6.10. The number of aliphatic hydroxyl groups excluding tert-OH is 1. The Bertz CT molecular complexity index is 669. The third kappa shape index (κ3) is 3.13. The van der Waals surface area contributed by atoms with Crippen LogP contribution in [0.5, 0.6) is 0 Å². The van der Waals surface area contributed by atoms with Crippen LogP contribution in [-0.2, 0) is 13.1 Å². The molecular formula is C17H21N5O. The molecule has 0 bridgehead atoms. The van der Waals surface area contributed by atoms with Crippen LogP contribution in [-0.4, -0.2) is 16.6 Å². The molecule has 1 saturated heterocycles. The number of hydrogen-bond donors (Lipinski definition) is 5. The summed E-state index contributed by atoms with van der Waals surface area (Å²) in [5, 5.41) is 10.3. The Labute approximate surface area is 135 Å². The van der Waals surface area contributed by atoms with Crippen molar-refractivity contribution in [3.05, 3.63) is 70.8 Å². The molecule has 0 amide bonds. The van der Waals surface area contributed by atoms with Gasteiger partial charge in [0.25, 0.3) is 0 Å². The molecule has 0 radical (unpaired) electrons. The second kappa shape index (κ2) is 6.37.